The first-order valence-electron chi connectivity index (χ1n) is 7.31. The van der Waals surface area contributed by atoms with Gasteiger partial charge in [0.25, 0.3) is 0 Å². The average Bonchev–Trinajstić information content (AvgIpc) is 2.96. The van der Waals surface area contributed by atoms with E-state index in [0.29, 0.717) is 24.1 Å². The molecule has 3 rings (SSSR count). The van der Waals surface area contributed by atoms with E-state index in [0.717, 1.165) is 22.7 Å². The SMILES string of the molecule is Cc1cc(Nc2nc(NCc3ccccn3)nc(C)c2C)no1. The number of nitrogens with zero attached hydrogens (tertiary/aromatic N) is 4. The van der Waals surface area contributed by atoms with Crippen LogP contribution >= 0.6 is 0 Å². The molecule has 0 aliphatic carbocycles. The van der Waals surface area contributed by atoms with Crippen molar-refractivity contribution >= 4 is 17.6 Å². The van der Waals surface area contributed by atoms with E-state index in [1.807, 2.05) is 45.0 Å². The lowest BCUT2D eigenvalue weighted by atomic mass is 10.2. The first-order valence-corrected chi connectivity index (χ1v) is 7.31. The van der Waals surface area contributed by atoms with E-state index in [9.17, 15) is 0 Å². The Morgan fingerprint density at radius 2 is 2.00 bits per heavy atom. The number of aromatic nitrogens is 4. The van der Waals surface area contributed by atoms with E-state index in [-0.39, 0.29) is 0 Å². The lowest BCUT2D eigenvalue weighted by Crippen LogP contribution is -2.09. The van der Waals surface area contributed by atoms with Gasteiger partial charge in [0.2, 0.25) is 5.95 Å². The highest BCUT2D eigenvalue weighted by Crippen LogP contribution is 2.21. The minimum absolute atomic E-state index is 0.543. The number of rotatable bonds is 5. The van der Waals surface area contributed by atoms with Crippen LogP contribution in [0.4, 0.5) is 17.6 Å². The summed E-state index contributed by atoms with van der Waals surface area (Å²) in [5, 5.41) is 10.3. The molecular formula is C16H18N6O. The molecule has 7 nitrogen and oxygen atoms in total. The Bertz CT molecular complexity index is 800. The van der Waals surface area contributed by atoms with Gasteiger partial charge in [-0.15, -0.1) is 0 Å². The van der Waals surface area contributed by atoms with Crippen molar-refractivity contribution in [2.75, 3.05) is 10.6 Å². The van der Waals surface area contributed by atoms with Crippen molar-refractivity contribution in [1.29, 1.82) is 0 Å². The monoisotopic (exact) mass is 310 g/mol. The Morgan fingerprint density at radius 1 is 1.13 bits per heavy atom. The molecule has 0 atom stereocenters. The molecule has 0 spiro atoms. The molecule has 0 aromatic carbocycles. The number of pyridine rings is 1. The minimum atomic E-state index is 0.543. The molecule has 0 bridgehead atoms. The Kier molecular flexibility index (Phi) is 4.18. The van der Waals surface area contributed by atoms with Crippen LogP contribution in [0.5, 0.6) is 0 Å². The van der Waals surface area contributed by atoms with Gasteiger partial charge in [0.05, 0.1) is 12.2 Å². The lowest BCUT2D eigenvalue weighted by Gasteiger charge is -2.11. The highest BCUT2D eigenvalue weighted by molar-refractivity contribution is 5.58. The summed E-state index contributed by atoms with van der Waals surface area (Å²) >= 11 is 0. The summed E-state index contributed by atoms with van der Waals surface area (Å²) in [5.41, 5.74) is 2.79. The highest BCUT2D eigenvalue weighted by atomic mass is 16.5. The van der Waals surface area contributed by atoms with Gasteiger partial charge in [-0.05, 0) is 32.9 Å². The van der Waals surface area contributed by atoms with E-state index < -0.39 is 0 Å². The number of aryl methyl sites for hydroxylation is 2. The second-order valence-electron chi connectivity index (χ2n) is 5.23. The maximum atomic E-state index is 5.06. The van der Waals surface area contributed by atoms with Crippen molar-refractivity contribution in [3.63, 3.8) is 0 Å². The predicted molar refractivity (Wildman–Crippen MR) is 87.6 cm³/mol. The molecule has 118 valence electrons. The van der Waals surface area contributed by atoms with Crippen LogP contribution in [0.2, 0.25) is 0 Å². The van der Waals surface area contributed by atoms with Gasteiger partial charge >= 0.3 is 0 Å². The maximum absolute atomic E-state index is 5.06. The first-order chi connectivity index (χ1) is 11.1. The Labute approximate surface area is 134 Å². The van der Waals surface area contributed by atoms with Crippen LogP contribution in [0.25, 0.3) is 0 Å². The van der Waals surface area contributed by atoms with E-state index in [2.05, 4.69) is 30.7 Å². The summed E-state index contributed by atoms with van der Waals surface area (Å²) < 4.78 is 5.06. The van der Waals surface area contributed by atoms with Crippen molar-refractivity contribution in [2.24, 2.45) is 0 Å². The standard InChI is InChI=1S/C16H18N6O/c1-10-8-14(22-23-10)20-15-11(2)12(3)19-16(21-15)18-9-13-6-4-5-7-17-13/h4-8H,9H2,1-3H3,(H2,18,19,20,21,22). The smallest absolute Gasteiger partial charge is 0.225 e. The van der Waals surface area contributed by atoms with E-state index in [1.54, 1.807) is 6.20 Å². The van der Waals surface area contributed by atoms with Crippen molar-refractivity contribution in [3.05, 3.63) is 53.2 Å². The van der Waals surface area contributed by atoms with Crippen LogP contribution in [0, 0.1) is 20.8 Å². The van der Waals surface area contributed by atoms with Crippen LogP contribution < -0.4 is 10.6 Å². The Hall–Kier alpha value is -2.96. The average molecular weight is 310 g/mol. The minimum Gasteiger partial charge on any atom is -0.360 e. The van der Waals surface area contributed by atoms with Crippen LogP contribution in [0.15, 0.2) is 35.0 Å². The normalized spacial score (nSPS) is 10.6. The molecule has 3 heterocycles. The number of nitrogens with one attached hydrogen (secondary N) is 2. The summed E-state index contributed by atoms with van der Waals surface area (Å²) in [4.78, 5) is 13.2. The van der Waals surface area contributed by atoms with E-state index in [1.165, 1.54) is 0 Å². The van der Waals surface area contributed by atoms with Crippen molar-refractivity contribution in [2.45, 2.75) is 27.3 Å². The van der Waals surface area contributed by atoms with Gasteiger partial charge < -0.3 is 15.2 Å². The van der Waals surface area contributed by atoms with Crippen molar-refractivity contribution in [3.8, 4) is 0 Å². The first kappa shape index (κ1) is 15.0. The summed E-state index contributed by atoms with van der Waals surface area (Å²) in [6, 6.07) is 7.60. The second kappa shape index (κ2) is 6.43. The van der Waals surface area contributed by atoms with Gasteiger partial charge in [-0.1, -0.05) is 11.2 Å². The van der Waals surface area contributed by atoms with Crippen LogP contribution in [0.1, 0.15) is 22.7 Å². The number of hydrogen-bond donors (Lipinski definition) is 2. The zero-order chi connectivity index (χ0) is 16.2. The zero-order valence-electron chi connectivity index (χ0n) is 13.3. The topological polar surface area (TPSA) is 88.8 Å². The Balaban J connectivity index is 1.79. The van der Waals surface area contributed by atoms with Crippen LogP contribution in [-0.4, -0.2) is 20.1 Å². The molecule has 0 amide bonds. The quantitative estimate of drug-likeness (QED) is 0.748. The molecule has 23 heavy (non-hydrogen) atoms. The zero-order valence-corrected chi connectivity index (χ0v) is 13.3. The molecule has 0 saturated carbocycles. The summed E-state index contributed by atoms with van der Waals surface area (Å²) in [6.45, 7) is 6.32. The van der Waals surface area contributed by atoms with Crippen molar-refractivity contribution in [1.82, 2.24) is 20.1 Å². The van der Waals surface area contributed by atoms with Gasteiger partial charge in [0.15, 0.2) is 5.82 Å². The van der Waals surface area contributed by atoms with Crippen molar-refractivity contribution < 1.29 is 4.52 Å². The fourth-order valence-corrected chi connectivity index (χ4v) is 2.05. The molecular weight excluding hydrogens is 292 g/mol. The van der Waals surface area contributed by atoms with E-state index >= 15 is 0 Å². The Morgan fingerprint density at radius 3 is 2.70 bits per heavy atom. The fourth-order valence-electron chi connectivity index (χ4n) is 2.05. The predicted octanol–water partition coefficient (Wildman–Crippen LogP) is 3.14. The van der Waals surface area contributed by atoms with Gasteiger partial charge in [-0.2, -0.15) is 4.98 Å². The highest BCUT2D eigenvalue weighted by Gasteiger charge is 2.10. The third-order valence-electron chi connectivity index (χ3n) is 3.42. The molecule has 0 fully saturated rings. The molecule has 3 aromatic rings. The van der Waals surface area contributed by atoms with Gasteiger partial charge in [0.1, 0.15) is 11.6 Å². The summed E-state index contributed by atoms with van der Waals surface area (Å²) in [7, 11) is 0. The maximum Gasteiger partial charge on any atom is 0.225 e. The molecule has 0 aliphatic rings. The third kappa shape index (κ3) is 3.63. The molecule has 0 radical (unpaired) electrons. The molecule has 0 unspecified atom stereocenters. The van der Waals surface area contributed by atoms with Crippen LogP contribution in [0.3, 0.4) is 0 Å². The van der Waals surface area contributed by atoms with Crippen LogP contribution in [-0.2, 0) is 6.54 Å². The molecule has 3 aromatic heterocycles. The van der Waals surface area contributed by atoms with E-state index in [4.69, 9.17) is 4.52 Å². The largest absolute Gasteiger partial charge is 0.360 e. The fraction of sp³-hybridized carbons (Fsp3) is 0.250. The van der Waals surface area contributed by atoms with Gasteiger partial charge in [-0.3, -0.25) is 4.98 Å². The third-order valence-corrected chi connectivity index (χ3v) is 3.42. The second-order valence-corrected chi connectivity index (χ2v) is 5.23. The van der Waals surface area contributed by atoms with Gasteiger partial charge in [-0.25, -0.2) is 4.98 Å². The lowest BCUT2D eigenvalue weighted by molar-refractivity contribution is 0.400. The molecule has 0 aliphatic heterocycles. The number of anilines is 3. The molecule has 0 saturated heterocycles. The van der Waals surface area contributed by atoms with Gasteiger partial charge in [0, 0.05) is 23.5 Å². The molecule has 2 N–H and O–H groups in total. The molecule has 7 heteroatoms. The summed E-state index contributed by atoms with van der Waals surface area (Å²) in [5.74, 6) is 2.61. The number of hydrogen-bond acceptors (Lipinski definition) is 7. The summed E-state index contributed by atoms with van der Waals surface area (Å²) in [6.07, 6.45) is 1.76.